The van der Waals surface area contributed by atoms with Crippen LogP contribution < -0.4 is 19.5 Å². The summed E-state index contributed by atoms with van der Waals surface area (Å²) < 4.78 is 40.4. The number of aromatic nitrogens is 1. The number of hydrogen-bond acceptors (Lipinski definition) is 7. The normalized spacial score (nSPS) is 13.3. The Labute approximate surface area is 200 Å². The summed E-state index contributed by atoms with van der Waals surface area (Å²) in [4.78, 5) is 17.1. The molecule has 0 fully saturated rings. The number of aryl methyl sites for hydroxylation is 1. The lowest BCUT2D eigenvalue weighted by Gasteiger charge is -2.12. The number of hydrogen-bond donors (Lipinski definition) is 2. The van der Waals surface area contributed by atoms with Crippen molar-refractivity contribution in [2.45, 2.75) is 18.2 Å². The number of nitrogens with zero attached hydrogens (tertiary/aromatic N) is 1. The van der Waals surface area contributed by atoms with Crippen molar-refractivity contribution in [3.05, 3.63) is 71.8 Å². The fraction of sp³-hybridized carbons (Fsp3) is 0.167. The first-order chi connectivity index (χ1) is 16.4. The second kappa shape index (κ2) is 8.96. The molecule has 1 aliphatic heterocycles. The standard InChI is InChI=1S/C24H21N3O5S2/c1-15-3-9-19-22(13-15)33-24(25-19)26-23(28)16-4-6-17(7-5-16)27-34(29,30)18-8-10-20-21(14-18)32-12-2-11-31-20/h3-10,13-14,27H,2,11-12H2,1H3,(H,25,26,28). The molecule has 1 aliphatic rings. The Bertz CT molecular complexity index is 1480. The number of nitrogens with one attached hydrogen (secondary N) is 2. The molecular formula is C24H21N3O5S2. The number of fused-ring (bicyclic) bond motifs is 2. The molecule has 8 nitrogen and oxygen atoms in total. The van der Waals surface area contributed by atoms with Crippen molar-refractivity contribution < 1.29 is 22.7 Å². The smallest absolute Gasteiger partial charge is 0.262 e. The fourth-order valence-electron chi connectivity index (χ4n) is 3.47. The molecule has 0 saturated carbocycles. The molecule has 1 aromatic heterocycles. The van der Waals surface area contributed by atoms with Crippen molar-refractivity contribution in [2.75, 3.05) is 23.3 Å². The van der Waals surface area contributed by atoms with Gasteiger partial charge in [-0.25, -0.2) is 13.4 Å². The first-order valence-corrected chi connectivity index (χ1v) is 12.9. The molecule has 1 amide bonds. The maximum Gasteiger partial charge on any atom is 0.262 e. The number of anilines is 2. The summed E-state index contributed by atoms with van der Waals surface area (Å²) in [6, 6.07) is 16.6. The quantitative estimate of drug-likeness (QED) is 0.411. The number of carbonyl (C=O) groups excluding carboxylic acids is 1. The van der Waals surface area contributed by atoms with Gasteiger partial charge < -0.3 is 9.47 Å². The number of rotatable bonds is 5. The van der Waals surface area contributed by atoms with Crippen molar-refractivity contribution in [1.82, 2.24) is 4.98 Å². The third-order valence-electron chi connectivity index (χ3n) is 5.19. The van der Waals surface area contributed by atoms with E-state index in [9.17, 15) is 13.2 Å². The average molecular weight is 496 g/mol. The highest BCUT2D eigenvalue weighted by molar-refractivity contribution is 7.92. The SMILES string of the molecule is Cc1ccc2nc(NC(=O)c3ccc(NS(=O)(=O)c4ccc5c(c4)OCCCO5)cc3)sc2c1. The van der Waals surface area contributed by atoms with Crippen LogP contribution in [-0.2, 0) is 10.0 Å². The third-order valence-corrected chi connectivity index (χ3v) is 7.51. The summed E-state index contributed by atoms with van der Waals surface area (Å²) in [5.41, 5.74) is 2.66. The van der Waals surface area contributed by atoms with Crippen LogP contribution in [0.15, 0.2) is 65.6 Å². The van der Waals surface area contributed by atoms with E-state index in [1.165, 1.54) is 35.6 Å². The molecule has 2 heterocycles. The number of carbonyl (C=O) groups is 1. The molecule has 0 radical (unpaired) electrons. The minimum Gasteiger partial charge on any atom is -0.490 e. The number of benzene rings is 3. The van der Waals surface area contributed by atoms with E-state index < -0.39 is 10.0 Å². The van der Waals surface area contributed by atoms with E-state index in [-0.39, 0.29) is 10.8 Å². The van der Waals surface area contributed by atoms with E-state index >= 15 is 0 Å². The van der Waals surface area contributed by atoms with Crippen LogP contribution in [0.3, 0.4) is 0 Å². The summed E-state index contributed by atoms with van der Waals surface area (Å²) >= 11 is 1.40. The van der Waals surface area contributed by atoms with E-state index in [4.69, 9.17) is 9.47 Å². The summed E-state index contributed by atoms with van der Waals surface area (Å²) in [6.07, 6.45) is 0.730. The fourth-order valence-corrected chi connectivity index (χ4v) is 5.50. The van der Waals surface area contributed by atoms with Gasteiger partial charge in [-0.15, -0.1) is 0 Å². The molecule has 10 heteroatoms. The molecule has 34 heavy (non-hydrogen) atoms. The van der Waals surface area contributed by atoms with Crippen molar-refractivity contribution in [1.29, 1.82) is 0 Å². The predicted octanol–water partition coefficient (Wildman–Crippen LogP) is 4.82. The Kier molecular flexibility index (Phi) is 5.84. The second-order valence-electron chi connectivity index (χ2n) is 7.79. The lowest BCUT2D eigenvalue weighted by molar-refractivity contribution is 0.102. The topological polar surface area (TPSA) is 107 Å². The van der Waals surface area contributed by atoms with Gasteiger partial charge in [-0.05, 0) is 61.0 Å². The third kappa shape index (κ3) is 4.68. The maximum atomic E-state index is 12.8. The zero-order valence-corrected chi connectivity index (χ0v) is 19.8. The second-order valence-corrected chi connectivity index (χ2v) is 10.5. The molecule has 0 spiro atoms. The molecule has 0 atom stereocenters. The van der Waals surface area contributed by atoms with Crippen LogP contribution in [0.25, 0.3) is 10.2 Å². The molecular weight excluding hydrogens is 474 g/mol. The van der Waals surface area contributed by atoms with Crippen molar-refractivity contribution in [3.8, 4) is 11.5 Å². The lowest BCUT2D eigenvalue weighted by Crippen LogP contribution is -2.14. The largest absolute Gasteiger partial charge is 0.490 e. The van der Waals surface area contributed by atoms with E-state index in [1.807, 2.05) is 25.1 Å². The van der Waals surface area contributed by atoms with Gasteiger partial charge in [0.2, 0.25) is 0 Å². The van der Waals surface area contributed by atoms with Crippen LogP contribution in [0.4, 0.5) is 10.8 Å². The molecule has 174 valence electrons. The zero-order valence-electron chi connectivity index (χ0n) is 18.2. The van der Waals surface area contributed by atoms with Crippen LogP contribution in [0.5, 0.6) is 11.5 Å². The Morgan fingerprint density at radius 1 is 0.971 bits per heavy atom. The monoisotopic (exact) mass is 495 g/mol. The molecule has 2 N–H and O–H groups in total. The predicted molar refractivity (Wildman–Crippen MR) is 132 cm³/mol. The van der Waals surface area contributed by atoms with Crippen molar-refractivity contribution >= 4 is 48.3 Å². The van der Waals surface area contributed by atoms with Crippen molar-refractivity contribution in [2.24, 2.45) is 0 Å². The van der Waals surface area contributed by atoms with Gasteiger partial charge in [0.15, 0.2) is 16.6 Å². The highest BCUT2D eigenvalue weighted by Crippen LogP contribution is 2.32. The summed E-state index contributed by atoms with van der Waals surface area (Å²) in [7, 11) is -3.85. The Morgan fingerprint density at radius 3 is 2.53 bits per heavy atom. The van der Waals surface area contributed by atoms with Gasteiger partial charge in [0.05, 0.1) is 28.3 Å². The van der Waals surface area contributed by atoms with E-state index in [1.54, 1.807) is 18.2 Å². The van der Waals surface area contributed by atoms with E-state index in [0.717, 1.165) is 22.2 Å². The molecule has 0 bridgehead atoms. The molecule has 0 unspecified atom stereocenters. The van der Waals surface area contributed by atoms with Gasteiger partial charge in [0.1, 0.15) is 0 Å². The van der Waals surface area contributed by atoms with E-state index in [0.29, 0.717) is 41.1 Å². The van der Waals surface area contributed by atoms with Gasteiger partial charge in [0.25, 0.3) is 15.9 Å². The number of thiazole rings is 1. The highest BCUT2D eigenvalue weighted by atomic mass is 32.2. The van der Waals surface area contributed by atoms with Crippen LogP contribution in [-0.4, -0.2) is 32.5 Å². The summed E-state index contributed by atoms with van der Waals surface area (Å²) in [5.74, 6) is 0.598. The molecule has 0 saturated heterocycles. The van der Waals surface area contributed by atoms with Gasteiger partial charge in [-0.2, -0.15) is 0 Å². The minimum absolute atomic E-state index is 0.0599. The van der Waals surface area contributed by atoms with Gasteiger partial charge in [-0.3, -0.25) is 14.8 Å². The molecule has 5 rings (SSSR count). The molecule has 4 aromatic rings. The van der Waals surface area contributed by atoms with Gasteiger partial charge in [-0.1, -0.05) is 17.4 Å². The van der Waals surface area contributed by atoms with Crippen LogP contribution in [0.2, 0.25) is 0 Å². The first kappa shape index (κ1) is 22.2. The molecule has 0 aliphatic carbocycles. The number of sulfonamides is 1. The number of ether oxygens (including phenoxy) is 2. The highest BCUT2D eigenvalue weighted by Gasteiger charge is 2.19. The minimum atomic E-state index is -3.85. The first-order valence-electron chi connectivity index (χ1n) is 10.6. The Balaban J connectivity index is 1.28. The van der Waals surface area contributed by atoms with Gasteiger partial charge in [0, 0.05) is 23.7 Å². The Hall–Kier alpha value is -3.63. The summed E-state index contributed by atoms with van der Waals surface area (Å²) in [6.45, 7) is 2.99. The molecule has 3 aromatic carbocycles. The zero-order chi connectivity index (χ0) is 23.7. The van der Waals surface area contributed by atoms with Crippen LogP contribution in [0, 0.1) is 6.92 Å². The maximum absolute atomic E-state index is 12.8. The lowest BCUT2D eigenvalue weighted by atomic mass is 10.2. The Morgan fingerprint density at radius 2 is 1.74 bits per heavy atom. The summed E-state index contributed by atoms with van der Waals surface area (Å²) in [5, 5.41) is 3.30. The van der Waals surface area contributed by atoms with Crippen LogP contribution >= 0.6 is 11.3 Å². The van der Waals surface area contributed by atoms with E-state index in [2.05, 4.69) is 15.0 Å². The van der Waals surface area contributed by atoms with Crippen molar-refractivity contribution in [3.63, 3.8) is 0 Å². The number of amides is 1. The van der Waals surface area contributed by atoms with Gasteiger partial charge >= 0.3 is 0 Å². The van der Waals surface area contributed by atoms with Crippen LogP contribution in [0.1, 0.15) is 22.3 Å². The average Bonchev–Trinajstić information content (AvgIpc) is 3.05.